The predicted octanol–water partition coefficient (Wildman–Crippen LogP) is 0.449. The summed E-state index contributed by atoms with van der Waals surface area (Å²) in [5, 5.41) is 3.91. The van der Waals surface area contributed by atoms with E-state index in [2.05, 4.69) is 20.1 Å². The summed E-state index contributed by atoms with van der Waals surface area (Å²) < 4.78 is 2.27. The maximum absolute atomic E-state index is 11.0. The summed E-state index contributed by atoms with van der Waals surface area (Å²) in [6.45, 7) is 0. The molecule has 0 amide bonds. The van der Waals surface area contributed by atoms with Gasteiger partial charge in [0.15, 0.2) is 11.3 Å². The Bertz CT molecular complexity index is 640. The first-order chi connectivity index (χ1) is 6.34. The average Bonchev–Trinajstić information content (AvgIpc) is 2.65. The van der Waals surface area contributed by atoms with E-state index in [0.29, 0.717) is 11.3 Å². The topological polar surface area (TPSA) is 75.9 Å². The van der Waals surface area contributed by atoms with Crippen LogP contribution >= 0.6 is 23.7 Å². The number of rotatable bonds is 0. The zero-order chi connectivity index (χ0) is 8.84. The summed E-state index contributed by atoms with van der Waals surface area (Å²) in [4.78, 5) is 21.5. The highest BCUT2D eigenvalue weighted by molar-refractivity contribution is 7.17. The molecule has 0 atom stereocenters. The fourth-order valence-electron chi connectivity index (χ4n) is 1.17. The summed E-state index contributed by atoms with van der Waals surface area (Å²) in [7, 11) is 0. The van der Waals surface area contributed by atoms with Crippen molar-refractivity contribution in [2.75, 3.05) is 0 Å². The molecular formula is C6H4ClN5OS. The van der Waals surface area contributed by atoms with Crippen molar-refractivity contribution in [2.24, 2.45) is 0 Å². The van der Waals surface area contributed by atoms with Crippen molar-refractivity contribution in [2.45, 2.75) is 0 Å². The molecule has 3 heterocycles. The molecule has 0 bridgehead atoms. The number of nitrogens with one attached hydrogen (secondary N) is 1. The second kappa shape index (κ2) is 3.03. The lowest BCUT2D eigenvalue weighted by atomic mass is 10.6. The van der Waals surface area contributed by atoms with Gasteiger partial charge < -0.3 is 0 Å². The summed E-state index contributed by atoms with van der Waals surface area (Å²) >= 11 is 1.09. The standard InChI is InChI=1S/C6H3N5OS.ClH/c12-6-10-4-3(13-6)5-7-1-9-11(5)2-8-4;/h1-2H,(H,10,12);1H. The van der Waals surface area contributed by atoms with E-state index in [-0.39, 0.29) is 17.3 Å². The number of aromatic amines is 1. The number of hydrogen-bond donors (Lipinski definition) is 1. The van der Waals surface area contributed by atoms with Gasteiger partial charge in [-0.25, -0.2) is 14.5 Å². The van der Waals surface area contributed by atoms with Crippen molar-refractivity contribution in [3.05, 3.63) is 22.3 Å². The van der Waals surface area contributed by atoms with Gasteiger partial charge in [0, 0.05) is 0 Å². The van der Waals surface area contributed by atoms with Gasteiger partial charge in [0.1, 0.15) is 17.4 Å². The first-order valence-corrected chi connectivity index (χ1v) is 4.33. The van der Waals surface area contributed by atoms with E-state index in [9.17, 15) is 4.79 Å². The van der Waals surface area contributed by atoms with Crippen LogP contribution in [0.15, 0.2) is 17.4 Å². The highest BCUT2D eigenvalue weighted by atomic mass is 35.5. The molecular weight excluding hydrogens is 226 g/mol. The van der Waals surface area contributed by atoms with Crippen LogP contribution in [0.3, 0.4) is 0 Å². The third-order valence-corrected chi connectivity index (χ3v) is 2.57. The molecule has 0 fully saturated rings. The Labute approximate surface area is 87.0 Å². The highest BCUT2D eigenvalue weighted by Gasteiger charge is 2.06. The van der Waals surface area contributed by atoms with Gasteiger partial charge in [-0.1, -0.05) is 11.3 Å². The van der Waals surface area contributed by atoms with Gasteiger partial charge in [-0.15, -0.1) is 12.4 Å². The number of halogens is 1. The largest absolute Gasteiger partial charge is 0.306 e. The number of hydrogen-bond acceptors (Lipinski definition) is 5. The Kier molecular flexibility index (Phi) is 1.97. The molecule has 0 saturated carbocycles. The zero-order valence-electron chi connectivity index (χ0n) is 6.67. The molecule has 14 heavy (non-hydrogen) atoms. The first-order valence-electron chi connectivity index (χ1n) is 3.52. The summed E-state index contributed by atoms with van der Waals surface area (Å²) in [5.74, 6) is 0. The summed E-state index contributed by atoms with van der Waals surface area (Å²) in [6, 6.07) is 0. The molecule has 0 saturated heterocycles. The molecule has 6 nitrogen and oxygen atoms in total. The highest BCUT2D eigenvalue weighted by Crippen LogP contribution is 2.15. The molecule has 3 rings (SSSR count). The van der Waals surface area contributed by atoms with E-state index in [1.54, 1.807) is 0 Å². The average molecular weight is 230 g/mol. The number of fused-ring (bicyclic) bond motifs is 3. The van der Waals surface area contributed by atoms with Gasteiger partial charge in [0.2, 0.25) is 0 Å². The van der Waals surface area contributed by atoms with E-state index >= 15 is 0 Å². The molecule has 0 aromatic carbocycles. The van der Waals surface area contributed by atoms with Gasteiger partial charge in [-0.05, 0) is 0 Å². The van der Waals surface area contributed by atoms with E-state index in [1.165, 1.54) is 17.2 Å². The third kappa shape index (κ3) is 1.10. The first kappa shape index (κ1) is 9.10. The third-order valence-electron chi connectivity index (χ3n) is 1.70. The second-order valence-electron chi connectivity index (χ2n) is 2.47. The van der Waals surface area contributed by atoms with Gasteiger partial charge in [0.25, 0.3) is 0 Å². The zero-order valence-corrected chi connectivity index (χ0v) is 8.30. The molecule has 72 valence electrons. The van der Waals surface area contributed by atoms with Gasteiger partial charge in [-0.2, -0.15) is 5.10 Å². The van der Waals surface area contributed by atoms with Gasteiger partial charge in [0.05, 0.1) is 0 Å². The molecule has 3 aromatic rings. The molecule has 0 aliphatic carbocycles. The van der Waals surface area contributed by atoms with Crippen LogP contribution in [0.5, 0.6) is 0 Å². The Morgan fingerprint density at radius 2 is 2.29 bits per heavy atom. The van der Waals surface area contributed by atoms with Crippen LogP contribution in [0.25, 0.3) is 16.0 Å². The molecule has 1 N–H and O–H groups in total. The second-order valence-corrected chi connectivity index (χ2v) is 3.45. The Morgan fingerprint density at radius 3 is 3.14 bits per heavy atom. The van der Waals surface area contributed by atoms with Crippen molar-refractivity contribution in [1.29, 1.82) is 0 Å². The van der Waals surface area contributed by atoms with Crippen LogP contribution < -0.4 is 4.87 Å². The lowest BCUT2D eigenvalue weighted by molar-refractivity contribution is 0.932. The van der Waals surface area contributed by atoms with Crippen LogP contribution in [0, 0.1) is 0 Å². The minimum atomic E-state index is -0.126. The molecule has 0 aliphatic heterocycles. The van der Waals surface area contributed by atoms with Crippen LogP contribution in [0.1, 0.15) is 0 Å². The lowest BCUT2D eigenvalue weighted by Crippen LogP contribution is -1.92. The van der Waals surface area contributed by atoms with Crippen LogP contribution in [0.2, 0.25) is 0 Å². The van der Waals surface area contributed by atoms with Crippen LogP contribution in [0.4, 0.5) is 0 Å². The molecule has 3 aromatic heterocycles. The molecule has 0 spiro atoms. The van der Waals surface area contributed by atoms with E-state index in [0.717, 1.165) is 16.0 Å². The number of H-pyrrole nitrogens is 1. The van der Waals surface area contributed by atoms with Crippen LogP contribution in [-0.2, 0) is 0 Å². The van der Waals surface area contributed by atoms with Gasteiger partial charge >= 0.3 is 4.87 Å². The van der Waals surface area contributed by atoms with E-state index in [1.807, 2.05) is 0 Å². The number of thiazole rings is 1. The van der Waals surface area contributed by atoms with Gasteiger partial charge in [-0.3, -0.25) is 9.78 Å². The smallest absolute Gasteiger partial charge is 0.297 e. The molecule has 8 heteroatoms. The molecule has 0 radical (unpaired) electrons. The van der Waals surface area contributed by atoms with E-state index in [4.69, 9.17) is 0 Å². The quantitative estimate of drug-likeness (QED) is 0.607. The fourth-order valence-corrected chi connectivity index (χ4v) is 1.94. The monoisotopic (exact) mass is 229 g/mol. The van der Waals surface area contributed by atoms with Crippen LogP contribution in [-0.4, -0.2) is 24.6 Å². The molecule has 0 aliphatic rings. The van der Waals surface area contributed by atoms with Crippen molar-refractivity contribution >= 4 is 39.7 Å². The maximum Gasteiger partial charge on any atom is 0.306 e. The van der Waals surface area contributed by atoms with E-state index < -0.39 is 0 Å². The number of nitrogens with zero attached hydrogens (tertiary/aromatic N) is 4. The predicted molar refractivity (Wildman–Crippen MR) is 54.0 cm³/mol. The molecule has 0 unspecified atom stereocenters. The van der Waals surface area contributed by atoms with Crippen molar-refractivity contribution in [1.82, 2.24) is 24.6 Å². The normalized spacial score (nSPS) is 10.6. The SMILES string of the molecule is Cl.O=c1[nH]c2ncn3ncnc3c2s1. The number of aromatic nitrogens is 5. The maximum atomic E-state index is 11.0. The fraction of sp³-hybridized carbons (Fsp3) is 0. The minimum Gasteiger partial charge on any atom is -0.297 e. The van der Waals surface area contributed by atoms with Crippen molar-refractivity contribution in [3.8, 4) is 0 Å². The summed E-state index contributed by atoms with van der Waals surface area (Å²) in [6.07, 6.45) is 2.95. The lowest BCUT2D eigenvalue weighted by Gasteiger charge is -1.89. The Balaban J connectivity index is 0.000000750. The summed E-state index contributed by atoms with van der Waals surface area (Å²) in [5.41, 5.74) is 1.23. The van der Waals surface area contributed by atoms with Crippen molar-refractivity contribution < 1.29 is 0 Å². The van der Waals surface area contributed by atoms with Crippen molar-refractivity contribution in [3.63, 3.8) is 0 Å². The Hall–Kier alpha value is -1.47. The minimum absolute atomic E-state index is 0. The Morgan fingerprint density at radius 1 is 1.43 bits per heavy atom.